The number of aromatic nitrogens is 2. The summed E-state index contributed by atoms with van der Waals surface area (Å²) in [5.74, 6) is 1.37. The molecule has 0 saturated carbocycles. The van der Waals surface area contributed by atoms with Gasteiger partial charge in [-0.05, 0) is 20.8 Å². The van der Waals surface area contributed by atoms with Crippen LogP contribution in [0, 0.1) is 6.92 Å². The molecule has 8 nitrogen and oxygen atoms in total. The molecule has 0 aliphatic carbocycles. The van der Waals surface area contributed by atoms with Crippen LogP contribution in [0.1, 0.15) is 45.1 Å². The molecule has 132 valence electrons. The third-order valence-electron chi connectivity index (χ3n) is 2.14. The van der Waals surface area contributed by atoms with Crippen LogP contribution in [-0.4, -0.2) is 34.4 Å². The summed E-state index contributed by atoms with van der Waals surface area (Å²) in [6.45, 7) is 7.78. The third kappa shape index (κ3) is 9.45. The minimum atomic E-state index is -2.77. The topological polar surface area (TPSA) is 117 Å². The first-order chi connectivity index (χ1) is 10.6. The van der Waals surface area contributed by atoms with Gasteiger partial charge < -0.3 is 15.4 Å². The quantitative estimate of drug-likeness (QED) is 0.708. The Bertz CT molecular complexity index is 542. The Hall–Kier alpha value is -1.28. The molecule has 10 heteroatoms. The predicted octanol–water partition coefficient (Wildman–Crippen LogP) is 3.21. The van der Waals surface area contributed by atoms with Crippen molar-refractivity contribution in [2.45, 2.75) is 40.5 Å². The maximum atomic E-state index is 8.78. The van der Waals surface area contributed by atoms with Crippen molar-refractivity contribution in [3.05, 3.63) is 17.6 Å². The molecule has 1 aromatic rings. The Morgan fingerprint density at radius 3 is 2.22 bits per heavy atom. The van der Waals surface area contributed by atoms with Crippen molar-refractivity contribution in [1.82, 2.24) is 9.97 Å². The van der Waals surface area contributed by atoms with Crippen LogP contribution < -0.4 is 10.3 Å². The van der Waals surface area contributed by atoms with Crippen LogP contribution in [0.15, 0.2) is 6.07 Å². The monoisotopic (exact) mass is 365 g/mol. The molecule has 0 unspecified atom stereocenters. The molecule has 0 atom stereocenters. The van der Waals surface area contributed by atoms with Crippen LogP contribution >= 0.6 is 6.72 Å². The van der Waals surface area contributed by atoms with Gasteiger partial charge in [0.1, 0.15) is 5.82 Å². The van der Waals surface area contributed by atoms with E-state index in [9.17, 15) is 0 Å². The number of carboxylic acid groups (broad SMARTS) is 1. The zero-order chi connectivity index (χ0) is 18.0. The van der Waals surface area contributed by atoms with Gasteiger partial charge >= 0.3 is 12.8 Å². The number of rotatable bonds is 7. The molecule has 0 spiro atoms. The van der Waals surface area contributed by atoms with E-state index in [0.717, 1.165) is 11.5 Å². The molecule has 0 aliphatic heterocycles. The lowest BCUT2D eigenvalue weighted by atomic mass is 10.2. The fourth-order valence-corrected chi connectivity index (χ4v) is 3.38. The molecule has 1 rings (SSSR count). The zero-order valence-corrected chi connectivity index (χ0v) is 15.7. The van der Waals surface area contributed by atoms with Crippen molar-refractivity contribution in [2.24, 2.45) is 5.73 Å². The summed E-state index contributed by atoms with van der Waals surface area (Å²) in [5, 5.41) is 7.19. The number of hydrogen-bond acceptors (Lipinski definition) is 7. The third-order valence-corrected chi connectivity index (χ3v) is 4.56. The highest BCUT2D eigenvalue weighted by Crippen LogP contribution is 2.49. The molecule has 1 amide bonds. The van der Waals surface area contributed by atoms with Gasteiger partial charge in [0, 0.05) is 29.5 Å². The summed E-state index contributed by atoms with van der Waals surface area (Å²) in [5.41, 5.74) is 4.86. The van der Waals surface area contributed by atoms with Crippen LogP contribution in [0.5, 0.6) is 5.88 Å². The van der Waals surface area contributed by atoms with E-state index >= 15 is 0 Å². The van der Waals surface area contributed by atoms with Crippen molar-refractivity contribution in [3.63, 3.8) is 0 Å². The first-order valence-corrected chi connectivity index (χ1v) is 9.61. The van der Waals surface area contributed by atoms with E-state index in [4.69, 9.17) is 35.3 Å². The van der Waals surface area contributed by atoms with E-state index in [1.54, 1.807) is 6.07 Å². The van der Waals surface area contributed by atoms with Crippen molar-refractivity contribution >= 4 is 24.6 Å². The maximum absolute atomic E-state index is 8.78. The standard InChI is InChI=1S/C12H21N2O3PS.CH3NO2/c1-6-15-18(19,16-7-2)17-11-8-10(5)13-12(14-11)9(3)4;2-1(3)4/h8-9H,6-7H2,1-5H3;2H2,(H,3,4). The first kappa shape index (κ1) is 21.7. The van der Waals surface area contributed by atoms with Gasteiger partial charge in [-0.2, -0.15) is 4.98 Å². The number of hydrogen-bond donors (Lipinski definition) is 2. The lowest BCUT2D eigenvalue weighted by Crippen LogP contribution is -2.06. The highest BCUT2D eigenvalue weighted by atomic mass is 32.5. The van der Waals surface area contributed by atoms with Crippen LogP contribution in [-0.2, 0) is 20.9 Å². The number of amides is 1. The molecular weight excluding hydrogens is 341 g/mol. The maximum Gasteiger partial charge on any atom is 0.402 e. The summed E-state index contributed by atoms with van der Waals surface area (Å²) < 4.78 is 16.6. The largest absolute Gasteiger partial charge is 0.465 e. The molecule has 0 fully saturated rings. The second-order valence-electron chi connectivity index (χ2n) is 4.57. The summed E-state index contributed by atoms with van der Waals surface area (Å²) in [4.78, 5) is 17.5. The van der Waals surface area contributed by atoms with Gasteiger partial charge in [-0.3, -0.25) is 9.05 Å². The Balaban J connectivity index is 0.00000108. The Morgan fingerprint density at radius 2 is 1.83 bits per heavy atom. The van der Waals surface area contributed by atoms with Gasteiger partial charge in [0.15, 0.2) is 0 Å². The molecule has 0 aliphatic rings. The molecule has 3 N–H and O–H groups in total. The minimum absolute atomic E-state index is 0.222. The molecular formula is C13H24N3O5PS. The average Bonchev–Trinajstić information content (AvgIpc) is 2.37. The smallest absolute Gasteiger partial charge is 0.402 e. The van der Waals surface area contributed by atoms with Crippen molar-refractivity contribution in [2.75, 3.05) is 13.2 Å². The lowest BCUT2D eigenvalue weighted by Gasteiger charge is -2.20. The van der Waals surface area contributed by atoms with Gasteiger partial charge in [0.2, 0.25) is 5.88 Å². The van der Waals surface area contributed by atoms with Gasteiger partial charge in [-0.1, -0.05) is 13.8 Å². The molecule has 0 radical (unpaired) electrons. The number of nitrogens with two attached hydrogens (primary N) is 1. The van der Waals surface area contributed by atoms with Crippen LogP contribution in [0.3, 0.4) is 0 Å². The van der Waals surface area contributed by atoms with Crippen molar-refractivity contribution in [3.8, 4) is 5.88 Å². The number of carbonyl (C=O) groups is 1. The van der Waals surface area contributed by atoms with E-state index in [1.165, 1.54) is 0 Å². The predicted molar refractivity (Wildman–Crippen MR) is 91.2 cm³/mol. The molecule has 1 aromatic heterocycles. The van der Waals surface area contributed by atoms with Gasteiger partial charge in [0.25, 0.3) is 0 Å². The van der Waals surface area contributed by atoms with Crippen LogP contribution in [0.25, 0.3) is 0 Å². The fraction of sp³-hybridized carbons (Fsp3) is 0.615. The van der Waals surface area contributed by atoms with Gasteiger partial charge in [0.05, 0.1) is 13.2 Å². The van der Waals surface area contributed by atoms with Crippen molar-refractivity contribution in [1.29, 1.82) is 0 Å². The second-order valence-corrected chi connectivity index (χ2v) is 7.51. The van der Waals surface area contributed by atoms with E-state index < -0.39 is 12.8 Å². The van der Waals surface area contributed by atoms with E-state index in [0.29, 0.717) is 19.1 Å². The van der Waals surface area contributed by atoms with Crippen LogP contribution in [0.4, 0.5) is 4.79 Å². The van der Waals surface area contributed by atoms with Crippen molar-refractivity contribution < 1.29 is 23.5 Å². The highest BCUT2D eigenvalue weighted by Gasteiger charge is 2.22. The molecule has 0 bridgehead atoms. The highest BCUT2D eigenvalue weighted by molar-refractivity contribution is 8.07. The summed E-state index contributed by atoms with van der Waals surface area (Å²) in [6, 6.07) is 1.74. The van der Waals surface area contributed by atoms with E-state index in [2.05, 4.69) is 15.7 Å². The Labute approximate surface area is 141 Å². The second kappa shape index (κ2) is 10.5. The van der Waals surface area contributed by atoms with Gasteiger partial charge in [-0.25, -0.2) is 9.78 Å². The summed E-state index contributed by atoms with van der Waals surface area (Å²) in [7, 11) is 0. The normalized spacial score (nSPS) is 10.9. The SMILES string of the molecule is CCOP(=S)(OCC)Oc1cc(C)nc(C(C)C)n1.NC(=O)O. The Kier molecular flexibility index (Phi) is 9.90. The summed E-state index contributed by atoms with van der Waals surface area (Å²) >= 11 is 5.32. The number of aryl methyl sites for hydroxylation is 1. The van der Waals surface area contributed by atoms with Crippen LogP contribution in [0.2, 0.25) is 0 Å². The first-order valence-electron chi connectivity index (χ1n) is 7.06. The molecule has 23 heavy (non-hydrogen) atoms. The van der Waals surface area contributed by atoms with E-state index in [-0.39, 0.29) is 5.92 Å². The van der Waals surface area contributed by atoms with E-state index in [1.807, 2.05) is 34.6 Å². The zero-order valence-electron chi connectivity index (χ0n) is 14.0. The summed E-state index contributed by atoms with van der Waals surface area (Å²) in [6.07, 6.45) is -1.33. The Morgan fingerprint density at radius 1 is 1.35 bits per heavy atom. The average molecular weight is 365 g/mol. The molecule has 0 aromatic carbocycles. The fourth-order valence-electron chi connectivity index (χ4n) is 1.39. The number of nitrogens with zero attached hydrogens (tertiary/aromatic N) is 2. The van der Waals surface area contributed by atoms with Gasteiger partial charge in [-0.15, -0.1) is 0 Å². The molecule has 1 heterocycles. The lowest BCUT2D eigenvalue weighted by molar-refractivity contribution is 0.205. The number of primary amides is 1. The minimum Gasteiger partial charge on any atom is -0.465 e. The molecule has 0 saturated heterocycles.